The normalized spacial score (nSPS) is 15.5. The van der Waals surface area contributed by atoms with E-state index in [-0.39, 0.29) is 17.2 Å². The van der Waals surface area contributed by atoms with Gasteiger partial charge in [0.1, 0.15) is 6.10 Å². The van der Waals surface area contributed by atoms with Gasteiger partial charge in [-0.15, -0.1) is 11.6 Å². The largest absolute Gasteiger partial charge is 0.390 e. The molecule has 1 rings (SSSR count). The first-order valence-corrected chi connectivity index (χ1v) is 8.14. The highest BCUT2D eigenvalue weighted by atomic mass is 35.5. The van der Waals surface area contributed by atoms with Gasteiger partial charge in [0.2, 0.25) is 0 Å². The molecule has 0 aliphatic heterocycles. The van der Waals surface area contributed by atoms with Crippen LogP contribution in [0.1, 0.15) is 31.9 Å². The predicted molar refractivity (Wildman–Crippen MR) is 75.1 cm³/mol. The van der Waals surface area contributed by atoms with Gasteiger partial charge in [0.15, 0.2) is 9.84 Å². The van der Waals surface area contributed by atoms with Crippen molar-refractivity contribution in [2.75, 3.05) is 5.88 Å². The van der Waals surface area contributed by atoms with Gasteiger partial charge in [-0.2, -0.15) is 0 Å². The van der Waals surface area contributed by atoms with Crippen molar-refractivity contribution in [1.82, 2.24) is 0 Å². The molecule has 1 aromatic rings. The minimum absolute atomic E-state index is 0.150. The first-order valence-electron chi connectivity index (χ1n) is 6.06. The van der Waals surface area contributed by atoms with E-state index < -0.39 is 27.3 Å². The summed E-state index contributed by atoms with van der Waals surface area (Å²) in [6.45, 7) is 3.20. The molecule has 1 aromatic carbocycles. The Kier molecular flexibility index (Phi) is 5.80. The van der Waals surface area contributed by atoms with Crippen LogP contribution in [0.4, 0.5) is 0 Å². The number of hydrogen-bond acceptors (Lipinski definition) is 4. The predicted octanol–water partition coefficient (Wildman–Crippen LogP) is 1.89. The number of aliphatic hydroxyl groups excluding tert-OH is 2. The van der Waals surface area contributed by atoms with Gasteiger partial charge >= 0.3 is 0 Å². The number of hydrogen-bond donors (Lipinski definition) is 2. The molecule has 2 N–H and O–H groups in total. The molecule has 0 saturated carbocycles. The van der Waals surface area contributed by atoms with Gasteiger partial charge in [-0.3, -0.25) is 0 Å². The van der Waals surface area contributed by atoms with Crippen LogP contribution in [0.25, 0.3) is 0 Å². The van der Waals surface area contributed by atoms with E-state index in [9.17, 15) is 18.6 Å². The molecule has 4 nitrogen and oxygen atoms in total. The Hall–Kier alpha value is -0.620. The quantitative estimate of drug-likeness (QED) is 0.787. The molecule has 0 radical (unpaired) electrons. The van der Waals surface area contributed by atoms with Crippen LogP contribution < -0.4 is 0 Å². The second kappa shape index (κ2) is 6.70. The van der Waals surface area contributed by atoms with Crippen LogP contribution in [0.3, 0.4) is 0 Å². The molecule has 0 saturated heterocycles. The third-order valence-corrected chi connectivity index (χ3v) is 5.29. The number of halogens is 1. The fourth-order valence-corrected chi connectivity index (χ4v) is 2.98. The second-order valence-corrected chi connectivity index (χ2v) is 7.54. The van der Waals surface area contributed by atoms with Crippen LogP contribution in [0, 0.1) is 0 Å². The number of sulfone groups is 1. The Morgan fingerprint density at radius 1 is 1.26 bits per heavy atom. The maximum atomic E-state index is 12.0. The Balaban J connectivity index is 3.08. The van der Waals surface area contributed by atoms with E-state index in [1.165, 1.54) is 12.1 Å². The van der Waals surface area contributed by atoms with Gasteiger partial charge in [-0.05, 0) is 38.0 Å². The molecule has 0 spiro atoms. The van der Waals surface area contributed by atoms with Gasteiger partial charge in [0, 0.05) is 5.88 Å². The third-order valence-electron chi connectivity index (χ3n) is 2.92. The van der Waals surface area contributed by atoms with Gasteiger partial charge in [0.25, 0.3) is 0 Å². The minimum atomic E-state index is -3.39. The molecule has 2 unspecified atom stereocenters. The molecule has 0 heterocycles. The molecule has 2 atom stereocenters. The van der Waals surface area contributed by atoms with Crippen molar-refractivity contribution in [3.8, 4) is 0 Å². The van der Waals surface area contributed by atoms with E-state index in [0.717, 1.165) is 0 Å². The lowest BCUT2D eigenvalue weighted by atomic mass is 10.0. The number of benzene rings is 1. The summed E-state index contributed by atoms with van der Waals surface area (Å²) < 4.78 is 24.1. The van der Waals surface area contributed by atoms with Crippen molar-refractivity contribution >= 4 is 21.4 Å². The average Bonchev–Trinajstić information content (AvgIpc) is 2.38. The smallest absolute Gasteiger partial charge is 0.180 e. The van der Waals surface area contributed by atoms with Crippen LogP contribution in [0.5, 0.6) is 0 Å². The van der Waals surface area contributed by atoms with Crippen molar-refractivity contribution in [2.45, 2.75) is 42.6 Å². The van der Waals surface area contributed by atoms with Crippen LogP contribution in [0.2, 0.25) is 0 Å². The van der Waals surface area contributed by atoms with E-state index in [0.29, 0.717) is 5.56 Å². The summed E-state index contributed by atoms with van der Waals surface area (Å²) in [7, 11) is -3.39. The number of rotatable bonds is 6. The first kappa shape index (κ1) is 16.4. The Labute approximate surface area is 119 Å². The van der Waals surface area contributed by atoms with E-state index in [2.05, 4.69) is 0 Å². The van der Waals surface area contributed by atoms with E-state index in [4.69, 9.17) is 11.6 Å². The maximum absolute atomic E-state index is 12.0. The molecule has 108 valence electrons. The zero-order chi connectivity index (χ0) is 14.6. The first-order chi connectivity index (χ1) is 8.80. The van der Waals surface area contributed by atoms with Gasteiger partial charge in [0.05, 0.1) is 16.2 Å². The van der Waals surface area contributed by atoms with Gasteiger partial charge in [-0.1, -0.05) is 12.1 Å². The summed E-state index contributed by atoms with van der Waals surface area (Å²) in [4.78, 5) is 0.150. The Morgan fingerprint density at radius 2 is 1.89 bits per heavy atom. The van der Waals surface area contributed by atoms with E-state index in [1.54, 1.807) is 26.0 Å². The summed E-state index contributed by atoms with van der Waals surface area (Å²) in [5.41, 5.74) is 0.374. The number of aliphatic hydroxyl groups is 2. The van der Waals surface area contributed by atoms with Crippen molar-refractivity contribution in [1.29, 1.82) is 0 Å². The topological polar surface area (TPSA) is 74.6 Å². The minimum Gasteiger partial charge on any atom is -0.390 e. The standard InChI is InChI=1S/C13H19ClO4S/c1-9(2)19(17,18)11-5-3-4-10(8-11)13(16)12(15)6-7-14/h3-5,8-9,12-13,15-16H,6-7H2,1-2H3. The van der Waals surface area contributed by atoms with Crippen molar-refractivity contribution in [3.05, 3.63) is 29.8 Å². The van der Waals surface area contributed by atoms with Crippen LogP contribution in [-0.2, 0) is 9.84 Å². The molecule has 0 aromatic heterocycles. The second-order valence-electron chi connectivity index (χ2n) is 4.66. The van der Waals surface area contributed by atoms with Crippen molar-refractivity contribution in [2.24, 2.45) is 0 Å². The van der Waals surface area contributed by atoms with Gasteiger partial charge < -0.3 is 10.2 Å². The summed E-state index contributed by atoms with van der Waals surface area (Å²) >= 11 is 5.51. The highest BCUT2D eigenvalue weighted by Gasteiger charge is 2.22. The molecule has 0 aliphatic carbocycles. The Bertz CT molecular complexity index is 513. The average molecular weight is 307 g/mol. The van der Waals surface area contributed by atoms with Crippen LogP contribution in [0.15, 0.2) is 29.2 Å². The fraction of sp³-hybridized carbons (Fsp3) is 0.538. The maximum Gasteiger partial charge on any atom is 0.180 e. The molecular weight excluding hydrogens is 288 g/mol. The SMILES string of the molecule is CC(C)S(=O)(=O)c1cccc(C(O)C(O)CCCl)c1. The molecular formula is C13H19ClO4S. The van der Waals surface area contributed by atoms with Crippen LogP contribution in [-0.4, -0.2) is 35.9 Å². The summed E-state index contributed by atoms with van der Waals surface area (Å²) in [5.74, 6) is 0.224. The lowest BCUT2D eigenvalue weighted by Crippen LogP contribution is -2.19. The lowest BCUT2D eigenvalue weighted by molar-refractivity contribution is 0.0169. The molecule has 0 amide bonds. The molecule has 0 bridgehead atoms. The molecule has 19 heavy (non-hydrogen) atoms. The van der Waals surface area contributed by atoms with Gasteiger partial charge in [-0.25, -0.2) is 8.42 Å². The summed E-state index contributed by atoms with van der Waals surface area (Å²) in [6, 6.07) is 6.03. The molecule has 6 heteroatoms. The van der Waals surface area contributed by atoms with E-state index in [1.807, 2.05) is 0 Å². The fourth-order valence-electron chi connectivity index (χ4n) is 1.64. The van der Waals surface area contributed by atoms with E-state index >= 15 is 0 Å². The Morgan fingerprint density at radius 3 is 2.42 bits per heavy atom. The number of alkyl halides is 1. The van der Waals surface area contributed by atoms with Crippen LogP contribution >= 0.6 is 11.6 Å². The highest BCUT2D eigenvalue weighted by molar-refractivity contribution is 7.92. The molecule has 0 aliphatic rings. The van der Waals surface area contributed by atoms with Crippen molar-refractivity contribution in [3.63, 3.8) is 0 Å². The lowest BCUT2D eigenvalue weighted by Gasteiger charge is -2.18. The van der Waals surface area contributed by atoms with Crippen molar-refractivity contribution < 1.29 is 18.6 Å². The zero-order valence-corrected chi connectivity index (χ0v) is 12.5. The summed E-state index contributed by atoms with van der Waals surface area (Å²) in [6.07, 6.45) is -1.90. The molecule has 0 fully saturated rings. The monoisotopic (exact) mass is 306 g/mol. The third kappa shape index (κ3) is 3.92. The highest BCUT2D eigenvalue weighted by Crippen LogP contribution is 2.24. The zero-order valence-electron chi connectivity index (χ0n) is 11.0. The summed E-state index contributed by atoms with van der Waals surface area (Å²) in [5, 5.41) is 19.1.